The molecule has 3 nitrogen and oxygen atoms in total. The summed E-state index contributed by atoms with van der Waals surface area (Å²) in [5.74, 6) is 0.0440. The van der Waals surface area contributed by atoms with Crippen LogP contribution in [-0.2, 0) is 0 Å². The van der Waals surface area contributed by atoms with Gasteiger partial charge in [0.2, 0.25) is 0 Å². The van der Waals surface area contributed by atoms with E-state index in [0.717, 1.165) is 23.4 Å². The summed E-state index contributed by atoms with van der Waals surface area (Å²) in [5.41, 5.74) is 3.21. The van der Waals surface area contributed by atoms with E-state index in [1.54, 1.807) is 0 Å². The molecule has 0 heterocycles. The number of hydrogen-bond donors (Lipinski definition) is 2. The lowest BCUT2D eigenvalue weighted by atomic mass is 9.76. The van der Waals surface area contributed by atoms with Gasteiger partial charge in [0.1, 0.15) is 0 Å². The summed E-state index contributed by atoms with van der Waals surface area (Å²) in [4.78, 5) is 12.2. The smallest absolute Gasteiger partial charge is 0.251 e. The van der Waals surface area contributed by atoms with Gasteiger partial charge < -0.3 is 10.6 Å². The van der Waals surface area contributed by atoms with Crippen LogP contribution in [-0.4, -0.2) is 19.5 Å². The highest BCUT2D eigenvalue weighted by Gasteiger charge is 2.27. The van der Waals surface area contributed by atoms with E-state index in [9.17, 15) is 4.79 Å². The maximum atomic E-state index is 12.2. The Labute approximate surface area is 122 Å². The van der Waals surface area contributed by atoms with E-state index in [4.69, 9.17) is 0 Å². The second-order valence-corrected chi connectivity index (χ2v) is 6.33. The molecular weight excluding hydrogens is 248 g/mol. The lowest BCUT2D eigenvalue weighted by Gasteiger charge is -2.33. The van der Waals surface area contributed by atoms with Crippen LogP contribution in [0.25, 0.3) is 0 Å². The summed E-state index contributed by atoms with van der Waals surface area (Å²) in [7, 11) is 1.89. The van der Waals surface area contributed by atoms with Gasteiger partial charge in [-0.25, -0.2) is 0 Å². The number of amides is 1. The van der Waals surface area contributed by atoms with Gasteiger partial charge in [-0.1, -0.05) is 26.2 Å². The Morgan fingerprint density at radius 3 is 2.55 bits per heavy atom. The Hall–Kier alpha value is -1.51. The van der Waals surface area contributed by atoms with Crippen molar-refractivity contribution < 1.29 is 4.79 Å². The Morgan fingerprint density at radius 2 is 1.95 bits per heavy atom. The first-order valence-corrected chi connectivity index (χ1v) is 7.61. The molecule has 0 unspecified atom stereocenters. The van der Waals surface area contributed by atoms with Crippen molar-refractivity contribution in [2.75, 3.05) is 18.9 Å². The molecule has 3 heteroatoms. The summed E-state index contributed by atoms with van der Waals surface area (Å²) >= 11 is 0. The summed E-state index contributed by atoms with van der Waals surface area (Å²) in [6.45, 7) is 5.10. The van der Waals surface area contributed by atoms with Crippen molar-refractivity contribution >= 4 is 11.6 Å². The lowest BCUT2D eigenvalue weighted by molar-refractivity contribution is 0.0919. The van der Waals surface area contributed by atoms with Crippen LogP contribution in [0.5, 0.6) is 0 Å². The number of anilines is 1. The van der Waals surface area contributed by atoms with E-state index >= 15 is 0 Å². The molecule has 0 aromatic heterocycles. The fourth-order valence-electron chi connectivity index (χ4n) is 3.06. The van der Waals surface area contributed by atoms with E-state index in [2.05, 4.69) is 17.6 Å². The average molecular weight is 274 g/mol. The normalized spacial score (nSPS) is 17.6. The molecule has 1 aromatic rings. The summed E-state index contributed by atoms with van der Waals surface area (Å²) in [6.07, 6.45) is 6.38. The van der Waals surface area contributed by atoms with Gasteiger partial charge in [-0.15, -0.1) is 0 Å². The highest BCUT2D eigenvalue weighted by molar-refractivity contribution is 5.94. The minimum absolute atomic E-state index is 0.0440. The van der Waals surface area contributed by atoms with E-state index in [0.29, 0.717) is 0 Å². The van der Waals surface area contributed by atoms with E-state index < -0.39 is 0 Å². The fraction of sp³-hybridized carbons (Fsp3) is 0.588. The molecule has 0 saturated heterocycles. The fourth-order valence-corrected chi connectivity index (χ4v) is 3.06. The minimum Gasteiger partial charge on any atom is -0.388 e. The molecule has 2 N–H and O–H groups in total. The zero-order chi connectivity index (χ0) is 14.6. The Kier molecular flexibility index (Phi) is 4.69. The molecule has 110 valence electrons. The molecule has 0 radical (unpaired) electrons. The van der Waals surface area contributed by atoms with Crippen molar-refractivity contribution in [1.29, 1.82) is 0 Å². The average Bonchev–Trinajstić information content (AvgIpc) is 2.45. The van der Waals surface area contributed by atoms with Crippen molar-refractivity contribution in [1.82, 2.24) is 5.32 Å². The molecule has 1 aliphatic rings. The molecule has 20 heavy (non-hydrogen) atoms. The van der Waals surface area contributed by atoms with Crippen molar-refractivity contribution in [2.45, 2.75) is 46.0 Å². The van der Waals surface area contributed by atoms with Gasteiger partial charge in [-0.3, -0.25) is 4.79 Å². The first-order chi connectivity index (χ1) is 9.54. The summed E-state index contributed by atoms with van der Waals surface area (Å²) < 4.78 is 0. The van der Waals surface area contributed by atoms with Crippen LogP contribution in [0.4, 0.5) is 5.69 Å². The van der Waals surface area contributed by atoms with Gasteiger partial charge in [0.15, 0.2) is 0 Å². The molecule has 0 bridgehead atoms. The maximum absolute atomic E-state index is 12.2. The largest absolute Gasteiger partial charge is 0.388 e. The zero-order valence-corrected chi connectivity index (χ0v) is 12.9. The number of carbonyl (C=O) groups is 1. The molecule has 1 aromatic carbocycles. The molecule has 1 saturated carbocycles. The monoisotopic (exact) mass is 274 g/mol. The first kappa shape index (κ1) is 14.9. The molecule has 0 atom stereocenters. The van der Waals surface area contributed by atoms with Gasteiger partial charge in [0.05, 0.1) is 0 Å². The molecule has 0 spiro atoms. The van der Waals surface area contributed by atoms with Crippen LogP contribution in [0.15, 0.2) is 18.2 Å². The molecule has 2 rings (SSSR count). The summed E-state index contributed by atoms with van der Waals surface area (Å²) in [6, 6.07) is 5.80. The van der Waals surface area contributed by atoms with E-state index in [-0.39, 0.29) is 11.3 Å². The van der Waals surface area contributed by atoms with Gasteiger partial charge in [0.25, 0.3) is 5.91 Å². The standard InChI is InChI=1S/C17H26N2O/c1-13-11-14(7-8-15(13)18-3)16(20)19-12-17(2)9-5-4-6-10-17/h7-8,11,18H,4-6,9-10,12H2,1-3H3,(H,19,20). The number of aryl methyl sites for hydroxylation is 1. The number of rotatable bonds is 4. The zero-order valence-electron chi connectivity index (χ0n) is 12.9. The third-order valence-corrected chi connectivity index (χ3v) is 4.49. The van der Waals surface area contributed by atoms with Gasteiger partial charge >= 0.3 is 0 Å². The van der Waals surface area contributed by atoms with Crippen molar-refractivity contribution in [3.8, 4) is 0 Å². The molecule has 1 aliphatic carbocycles. The Bertz CT molecular complexity index is 476. The molecule has 1 amide bonds. The van der Waals surface area contributed by atoms with Gasteiger partial charge in [-0.05, 0) is 48.9 Å². The lowest BCUT2D eigenvalue weighted by Crippen LogP contribution is -2.37. The van der Waals surface area contributed by atoms with Crippen molar-refractivity contribution in [2.24, 2.45) is 5.41 Å². The molecule has 1 fully saturated rings. The highest BCUT2D eigenvalue weighted by atomic mass is 16.1. The number of benzene rings is 1. The SMILES string of the molecule is CNc1ccc(C(=O)NCC2(C)CCCCC2)cc1C. The number of carbonyl (C=O) groups excluding carboxylic acids is 1. The van der Waals surface area contributed by atoms with Crippen molar-refractivity contribution in [3.05, 3.63) is 29.3 Å². The van der Waals surface area contributed by atoms with E-state index in [1.165, 1.54) is 32.1 Å². The van der Waals surface area contributed by atoms with Crippen LogP contribution in [0.3, 0.4) is 0 Å². The molecular formula is C17H26N2O. The first-order valence-electron chi connectivity index (χ1n) is 7.61. The number of hydrogen-bond acceptors (Lipinski definition) is 2. The van der Waals surface area contributed by atoms with Crippen LogP contribution in [0.1, 0.15) is 54.9 Å². The van der Waals surface area contributed by atoms with Crippen LogP contribution in [0, 0.1) is 12.3 Å². The highest BCUT2D eigenvalue weighted by Crippen LogP contribution is 2.34. The van der Waals surface area contributed by atoms with Crippen LogP contribution in [0.2, 0.25) is 0 Å². The minimum atomic E-state index is 0.0440. The van der Waals surface area contributed by atoms with E-state index in [1.807, 2.05) is 32.2 Å². The van der Waals surface area contributed by atoms with Crippen molar-refractivity contribution in [3.63, 3.8) is 0 Å². The number of nitrogens with one attached hydrogen (secondary N) is 2. The topological polar surface area (TPSA) is 41.1 Å². The van der Waals surface area contributed by atoms with Gasteiger partial charge in [-0.2, -0.15) is 0 Å². The molecule has 0 aliphatic heterocycles. The maximum Gasteiger partial charge on any atom is 0.251 e. The van der Waals surface area contributed by atoms with Crippen LogP contribution >= 0.6 is 0 Å². The third kappa shape index (κ3) is 3.53. The summed E-state index contributed by atoms with van der Waals surface area (Å²) in [5, 5.41) is 6.23. The predicted molar refractivity (Wildman–Crippen MR) is 84.3 cm³/mol. The Balaban J connectivity index is 1.96. The quantitative estimate of drug-likeness (QED) is 0.878. The third-order valence-electron chi connectivity index (χ3n) is 4.49. The van der Waals surface area contributed by atoms with Gasteiger partial charge in [0, 0.05) is 24.8 Å². The Morgan fingerprint density at radius 1 is 1.25 bits per heavy atom. The second kappa shape index (κ2) is 6.29. The van der Waals surface area contributed by atoms with Crippen LogP contribution < -0.4 is 10.6 Å². The predicted octanol–water partition coefficient (Wildman–Crippen LogP) is 3.74. The second-order valence-electron chi connectivity index (χ2n) is 6.33.